The van der Waals surface area contributed by atoms with E-state index in [0.717, 1.165) is 25.9 Å². The van der Waals surface area contributed by atoms with Crippen molar-refractivity contribution < 1.29 is 4.79 Å². The molecule has 0 spiro atoms. The Morgan fingerprint density at radius 1 is 1.22 bits per heavy atom. The molecule has 2 nitrogen and oxygen atoms in total. The second kappa shape index (κ2) is 4.85. The lowest BCUT2D eigenvalue weighted by atomic mass is 9.68. The van der Waals surface area contributed by atoms with Gasteiger partial charge in [-0.3, -0.25) is 4.79 Å². The lowest BCUT2D eigenvalue weighted by Gasteiger charge is -2.40. The highest BCUT2D eigenvalue weighted by atomic mass is 16.1. The van der Waals surface area contributed by atoms with Crippen LogP contribution in [-0.4, -0.2) is 30.8 Å². The molecule has 0 atom stereocenters. The van der Waals surface area contributed by atoms with Crippen LogP contribution in [0.2, 0.25) is 0 Å². The fourth-order valence-corrected chi connectivity index (χ4v) is 3.06. The maximum Gasteiger partial charge on any atom is 0.140 e. The van der Waals surface area contributed by atoms with Crippen molar-refractivity contribution in [3.8, 4) is 0 Å². The second-order valence-corrected chi connectivity index (χ2v) is 5.76. The van der Waals surface area contributed by atoms with Crippen LogP contribution in [0, 0.1) is 13.8 Å². The third-order valence-corrected chi connectivity index (χ3v) is 4.42. The van der Waals surface area contributed by atoms with Crippen molar-refractivity contribution in [1.82, 2.24) is 4.90 Å². The van der Waals surface area contributed by atoms with E-state index in [4.69, 9.17) is 0 Å². The molecule has 1 saturated heterocycles. The van der Waals surface area contributed by atoms with Crippen LogP contribution < -0.4 is 0 Å². The molecule has 0 aliphatic carbocycles. The molecule has 0 aromatic heterocycles. The highest BCUT2D eigenvalue weighted by Gasteiger charge is 2.40. The van der Waals surface area contributed by atoms with Gasteiger partial charge in [-0.05, 0) is 64.9 Å². The number of Topliss-reactive ketones (excluding diaryl/α,β-unsaturated/α-hetero) is 1. The molecule has 18 heavy (non-hydrogen) atoms. The first-order chi connectivity index (χ1) is 8.45. The van der Waals surface area contributed by atoms with Gasteiger partial charge in [0.05, 0.1) is 5.41 Å². The second-order valence-electron chi connectivity index (χ2n) is 5.76. The number of piperidine rings is 1. The van der Waals surface area contributed by atoms with E-state index in [1.54, 1.807) is 6.92 Å². The van der Waals surface area contributed by atoms with Crippen molar-refractivity contribution in [2.45, 2.75) is 39.0 Å². The molecule has 0 amide bonds. The fraction of sp³-hybridized carbons (Fsp3) is 0.562. The van der Waals surface area contributed by atoms with Crippen molar-refractivity contribution in [2.75, 3.05) is 20.1 Å². The molecule has 98 valence electrons. The Morgan fingerprint density at radius 3 is 2.39 bits per heavy atom. The van der Waals surface area contributed by atoms with Gasteiger partial charge >= 0.3 is 0 Å². The van der Waals surface area contributed by atoms with Crippen molar-refractivity contribution in [1.29, 1.82) is 0 Å². The van der Waals surface area contributed by atoms with Gasteiger partial charge in [-0.15, -0.1) is 0 Å². The molecule has 2 heteroatoms. The largest absolute Gasteiger partial charge is 0.306 e. The average Bonchev–Trinajstić information content (AvgIpc) is 2.33. The topological polar surface area (TPSA) is 20.3 Å². The van der Waals surface area contributed by atoms with Gasteiger partial charge in [0.15, 0.2) is 0 Å². The molecule has 1 aromatic rings. The minimum Gasteiger partial charge on any atom is -0.306 e. The third-order valence-electron chi connectivity index (χ3n) is 4.42. The van der Waals surface area contributed by atoms with Crippen LogP contribution in [0.1, 0.15) is 36.5 Å². The standard InChI is InChI=1S/C16H23NO/c1-12-5-6-13(2)15(11-12)16(14(3)18)7-9-17(4)10-8-16/h5-6,11H,7-10H2,1-4H3. The van der Waals surface area contributed by atoms with Gasteiger partial charge in [0.2, 0.25) is 0 Å². The molecule has 1 aromatic carbocycles. The van der Waals surface area contributed by atoms with E-state index in [2.05, 4.69) is 44.0 Å². The Hall–Kier alpha value is -1.15. The number of aryl methyl sites for hydroxylation is 2. The summed E-state index contributed by atoms with van der Waals surface area (Å²) in [6, 6.07) is 6.48. The number of carbonyl (C=O) groups excluding carboxylic acids is 1. The highest BCUT2D eigenvalue weighted by Crippen LogP contribution is 2.38. The van der Waals surface area contributed by atoms with E-state index in [0.29, 0.717) is 5.78 Å². The molecule has 0 N–H and O–H groups in total. The van der Waals surface area contributed by atoms with Gasteiger partial charge in [0, 0.05) is 0 Å². The highest BCUT2D eigenvalue weighted by molar-refractivity contribution is 5.88. The van der Waals surface area contributed by atoms with Crippen LogP contribution >= 0.6 is 0 Å². The summed E-state index contributed by atoms with van der Waals surface area (Å²) in [5.74, 6) is 0.323. The van der Waals surface area contributed by atoms with E-state index in [1.165, 1.54) is 16.7 Å². The molecule has 2 rings (SSSR count). The molecule has 1 heterocycles. The zero-order valence-corrected chi connectivity index (χ0v) is 11.9. The molecule has 1 aliphatic rings. The Bertz CT molecular complexity index is 456. The van der Waals surface area contributed by atoms with Crippen molar-refractivity contribution >= 4 is 5.78 Å². The number of hydrogen-bond acceptors (Lipinski definition) is 2. The van der Waals surface area contributed by atoms with Gasteiger partial charge in [-0.25, -0.2) is 0 Å². The van der Waals surface area contributed by atoms with Crippen molar-refractivity contribution in [3.63, 3.8) is 0 Å². The molecular formula is C16H23NO. The number of nitrogens with zero attached hydrogens (tertiary/aromatic N) is 1. The van der Waals surface area contributed by atoms with E-state index < -0.39 is 0 Å². The first kappa shape index (κ1) is 13.3. The van der Waals surface area contributed by atoms with Crippen LogP contribution in [0.25, 0.3) is 0 Å². The van der Waals surface area contributed by atoms with E-state index in [1.807, 2.05) is 0 Å². The van der Waals surface area contributed by atoms with Crippen LogP contribution in [0.4, 0.5) is 0 Å². The Morgan fingerprint density at radius 2 is 1.83 bits per heavy atom. The third kappa shape index (κ3) is 2.22. The zero-order valence-electron chi connectivity index (χ0n) is 11.9. The molecule has 0 radical (unpaired) electrons. The van der Waals surface area contributed by atoms with Crippen LogP contribution in [-0.2, 0) is 10.2 Å². The normalized spacial score (nSPS) is 19.8. The first-order valence-corrected chi connectivity index (χ1v) is 6.73. The summed E-state index contributed by atoms with van der Waals surface area (Å²) in [6.45, 7) is 8.00. The SMILES string of the molecule is CC(=O)C1(c2cc(C)ccc2C)CCN(C)CC1. The lowest BCUT2D eigenvalue weighted by Crippen LogP contribution is -2.45. The van der Waals surface area contributed by atoms with Gasteiger partial charge in [0.25, 0.3) is 0 Å². The smallest absolute Gasteiger partial charge is 0.140 e. The minimum atomic E-state index is -0.247. The van der Waals surface area contributed by atoms with Crippen LogP contribution in [0.3, 0.4) is 0 Å². The molecule has 1 fully saturated rings. The average molecular weight is 245 g/mol. The Labute approximate surface area is 110 Å². The molecule has 1 aliphatic heterocycles. The lowest BCUT2D eigenvalue weighted by molar-refractivity contribution is -0.124. The summed E-state index contributed by atoms with van der Waals surface area (Å²) in [5.41, 5.74) is 3.50. The van der Waals surface area contributed by atoms with Crippen molar-refractivity contribution in [3.05, 3.63) is 34.9 Å². The first-order valence-electron chi connectivity index (χ1n) is 6.73. The number of ketones is 1. The summed E-state index contributed by atoms with van der Waals surface area (Å²) in [4.78, 5) is 14.6. The van der Waals surface area contributed by atoms with Gasteiger partial charge in [-0.2, -0.15) is 0 Å². The van der Waals surface area contributed by atoms with Gasteiger partial charge in [-0.1, -0.05) is 23.8 Å². The number of likely N-dealkylation sites (tertiary alicyclic amines) is 1. The molecule has 0 saturated carbocycles. The number of rotatable bonds is 2. The summed E-state index contributed by atoms with van der Waals surface area (Å²) < 4.78 is 0. The minimum absolute atomic E-state index is 0.247. The van der Waals surface area contributed by atoms with Crippen LogP contribution in [0.5, 0.6) is 0 Å². The van der Waals surface area contributed by atoms with Crippen LogP contribution in [0.15, 0.2) is 18.2 Å². The molecule has 0 bridgehead atoms. The molecule has 0 unspecified atom stereocenters. The number of benzene rings is 1. The zero-order chi connectivity index (χ0) is 13.3. The summed E-state index contributed by atoms with van der Waals surface area (Å²) in [5, 5.41) is 0. The maximum atomic E-state index is 12.3. The summed E-state index contributed by atoms with van der Waals surface area (Å²) >= 11 is 0. The Balaban J connectivity index is 2.47. The molecular weight excluding hydrogens is 222 g/mol. The van der Waals surface area contributed by atoms with E-state index in [-0.39, 0.29) is 5.41 Å². The van der Waals surface area contributed by atoms with E-state index in [9.17, 15) is 4.79 Å². The summed E-state index contributed by atoms with van der Waals surface area (Å²) in [6.07, 6.45) is 1.90. The van der Waals surface area contributed by atoms with E-state index >= 15 is 0 Å². The van der Waals surface area contributed by atoms with Crippen molar-refractivity contribution in [2.24, 2.45) is 0 Å². The number of hydrogen-bond donors (Lipinski definition) is 0. The predicted octanol–water partition coefficient (Wildman–Crippen LogP) is 2.86. The quantitative estimate of drug-likeness (QED) is 0.798. The number of carbonyl (C=O) groups is 1. The fourth-order valence-electron chi connectivity index (χ4n) is 3.06. The predicted molar refractivity (Wildman–Crippen MR) is 75.0 cm³/mol. The monoisotopic (exact) mass is 245 g/mol. The maximum absolute atomic E-state index is 12.3. The summed E-state index contributed by atoms with van der Waals surface area (Å²) in [7, 11) is 2.13. The van der Waals surface area contributed by atoms with Gasteiger partial charge < -0.3 is 4.90 Å². The Kier molecular flexibility index (Phi) is 3.58. The van der Waals surface area contributed by atoms with Gasteiger partial charge in [0.1, 0.15) is 5.78 Å².